The van der Waals surface area contributed by atoms with Crippen LogP contribution in [0.3, 0.4) is 0 Å². The van der Waals surface area contributed by atoms with Gasteiger partial charge in [0.2, 0.25) is 5.91 Å². The first-order valence-electron chi connectivity index (χ1n) is 7.25. The van der Waals surface area contributed by atoms with Crippen molar-refractivity contribution in [1.82, 2.24) is 4.98 Å². The van der Waals surface area contributed by atoms with Crippen LogP contribution in [0.2, 0.25) is 0 Å². The number of nitro groups is 1. The highest BCUT2D eigenvalue weighted by Crippen LogP contribution is 2.18. The Balaban J connectivity index is 1.97. The normalized spacial score (nSPS) is 11.3. The maximum Gasteiger partial charge on any atom is 0.358 e. The maximum absolute atomic E-state index is 12.1. The van der Waals surface area contributed by atoms with Crippen LogP contribution in [0.5, 0.6) is 0 Å². The van der Waals surface area contributed by atoms with E-state index in [4.69, 9.17) is 4.74 Å². The number of aromatic nitrogens is 1. The number of ether oxygens (including phenoxy) is 1. The van der Waals surface area contributed by atoms with Crippen LogP contribution in [0.25, 0.3) is 0 Å². The van der Waals surface area contributed by atoms with Crippen molar-refractivity contribution in [1.29, 1.82) is 0 Å². The number of amides is 2. The predicted molar refractivity (Wildman–Crippen MR) is 93.0 cm³/mol. The van der Waals surface area contributed by atoms with Gasteiger partial charge in [-0.05, 0) is 13.0 Å². The number of thiazole rings is 1. The predicted octanol–water partition coefficient (Wildman–Crippen LogP) is 2.19. The van der Waals surface area contributed by atoms with Gasteiger partial charge in [0.05, 0.1) is 4.92 Å². The van der Waals surface area contributed by atoms with Crippen molar-refractivity contribution in [2.45, 2.75) is 20.0 Å². The number of esters is 1. The van der Waals surface area contributed by atoms with Crippen molar-refractivity contribution >= 4 is 45.6 Å². The molecule has 136 valence electrons. The third kappa shape index (κ3) is 5.08. The highest BCUT2D eigenvalue weighted by Gasteiger charge is 2.21. The second-order valence-corrected chi connectivity index (χ2v) is 5.92. The van der Waals surface area contributed by atoms with Crippen molar-refractivity contribution in [3.05, 3.63) is 45.5 Å². The summed E-state index contributed by atoms with van der Waals surface area (Å²) in [5, 5.41) is 17.2. The third-order valence-electron chi connectivity index (χ3n) is 2.97. The number of hydrogen-bond donors (Lipinski definition) is 2. The number of nitrogens with zero attached hydrogens (tertiary/aromatic N) is 2. The number of carbonyl (C=O) groups is 3. The zero-order valence-electron chi connectivity index (χ0n) is 13.7. The smallest absolute Gasteiger partial charge is 0.358 e. The Morgan fingerprint density at radius 3 is 2.69 bits per heavy atom. The van der Waals surface area contributed by atoms with Gasteiger partial charge in [-0.2, -0.15) is 0 Å². The van der Waals surface area contributed by atoms with E-state index in [1.807, 2.05) is 0 Å². The van der Waals surface area contributed by atoms with Crippen LogP contribution in [0.15, 0.2) is 29.6 Å². The molecule has 0 fully saturated rings. The van der Waals surface area contributed by atoms with Crippen molar-refractivity contribution in [2.75, 3.05) is 10.6 Å². The van der Waals surface area contributed by atoms with Gasteiger partial charge in [0.25, 0.3) is 11.6 Å². The fraction of sp³-hybridized carbons (Fsp3) is 0.200. The van der Waals surface area contributed by atoms with Crippen molar-refractivity contribution < 1.29 is 24.0 Å². The molecule has 1 unspecified atom stereocenters. The lowest BCUT2D eigenvalue weighted by atomic mass is 10.2. The van der Waals surface area contributed by atoms with Crippen molar-refractivity contribution in [2.24, 2.45) is 0 Å². The molecule has 1 heterocycles. The summed E-state index contributed by atoms with van der Waals surface area (Å²) in [6.07, 6.45) is -1.16. The second-order valence-electron chi connectivity index (χ2n) is 5.06. The van der Waals surface area contributed by atoms with E-state index in [2.05, 4.69) is 15.6 Å². The van der Waals surface area contributed by atoms with E-state index in [1.54, 1.807) is 0 Å². The largest absolute Gasteiger partial charge is 0.448 e. The van der Waals surface area contributed by atoms with Gasteiger partial charge < -0.3 is 15.4 Å². The molecule has 0 aliphatic heterocycles. The molecule has 2 amide bonds. The maximum atomic E-state index is 12.1. The highest BCUT2D eigenvalue weighted by molar-refractivity contribution is 7.14. The summed E-state index contributed by atoms with van der Waals surface area (Å²) in [4.78, 5) is 49.0. The van der Waals surface area contributed by atoms with Crippen LogP contribution in [0.4, 0.5) is 16.5 Å². The fourth-order valence-corrected chi connectivity index (χ4v) is 2.52. The molecule has 0 aliphatic carbocycles. The Kier molecular flexibility index (Phi) is 5.96. The van der Waals surface area contributed by atoms with E-state index in [-0.39, 0.29) is 28.1 Å². The summed E-state index contributed by atoms with van der Waals surface area (Å²) in [6, 6.07) is 5.36. The molecule has 0 saturated heterocycles. The number of hydrogen-bond acceptors (Lipinski definition) is 8. The van der Waals surface area contributed by atoms with E-state index >= 15 is 0 Å². The van der Waals surface area contributed by atoms with Gasteiger partial charge in [-0.1, -0.05) is 6.07 Å². The van der Waals surface area contributed by atoms with Crippen LogP contribution in [0.1, 0.15) is 24.3 Å². The van der Waals surface area contributed by atoms with Crippen LogP contribution < -0.4 is 10.6 Å². The van der Waals surface area contributed by atoms with Crippen LogP contribution in [0, 0.1) is 10.1 Å². The topological polar surface area (TPSA) is 141 Å². The molecule has 1 aromatic heterocycles. The molecule has 0 aliphatic rings. The number of rotatable bonds is 6. The summed E-state index contributed by atoms with van der Waals surface area (Å²) in [5.74, 6) is -1.82. The fourth-order valence-electron chi connectivity index (χ4n) is 1.79. The standard InChI is InChI=1S/C15H14N4O6S/c1-8(13(21)17-10-4-3-5-11(6-10)19(23)24)25-14(22)12-7-26-15(18-12)16-9(2)20/h3-8H,1-2H3,(H,17,21)(H,16,18,20). The van der Waals surface area contributed by atoms with Crippen LogP contribution in [-0.4, -0.2) is 33.8 Å². The third-order valence-corrected chi connectivity index (χ3v) is 3.73. The molecule has 11 heteroatoms. The van der Waals surface area contributed by atoms with E-state index in [0.29, 0.717) is 0 Å². The molecule has 26 heavy (non-hydrogen) atoms. The van der Waals surface area contributed by atoms with Crippen molar-refractivity contribution in [3.63, 3.8) is 0 Å². The van der Waals surface area contributed by atoms with E-state index < -0.39 is 22.9 Å². The average molecular weight is 378 g/mol. The number of nitrogens with one attached hydrogen (secondary N) is 2. The van der Waals surface area contributed by atoms with Gasteiger partial charge >= 0.3 is 5.97 Å². The molecule has 10 nitrogen and oxygen atoms in total. The first-order chi connectivity index (χ1) is 12.3. The molecule has 1 aromatic carbocycles. The Labute approximate surface area is 151 Å². The Morgan fingerprint density at radius 1 is 1.31 bits per heavy atom. The lowest BCUT2D eigenvalue weighted by Crippen LogP contribution is -2.30. The number of nitro benzene ring substituents is 1. The minimum atomic E-state index is -1.16. The second kappa shape index (κ2) is 8.16. The number of non-ortho nitro benzene ring substituents is 1. The quantitative estimate of drug-likeness (QED) is 0.446. The molecule has 0 saturated carbocycles. The Morgan fingerprint density at radius 2 is 2.04 bits per heavy atom. The molecule has 0 radical (unpaired) electrons. The number of carbonyl (C=O) groups excluding carboxylic acids is 3. The zero-order valence-corrected chi connectivity index (χ0v) is 14.5. The number of anilines is 2. The lowest BCUT2D eigenvalue weighted by molar-refractivity contribution is -0.384. The first kappa shape index (κ1) is 19.0. The highest BCUT2D eigenvalue weighted by atomic mass is 32.1. The monoisotopic (exact) mass is 378 g/mol. The van der Waals surface area contributed by atoms with Crippen LogP contribution in [-0.2, 0) is 14.3 Å². The summed E-state index contributed by atoms with van der Waals surface area (Å²) >= 11 is 1.04. The molecule has 0 spiro atoms. The number of benzene rings is 1. The minimum absolute atomic E-state index is 0.0475. The van der Waals surface area contributed by atoms with Gasteiger partial charge in [-0.25, -0.2) is 9.78 Å². The molecule has 2 rings (SSSR count). The minimum Gasteiger partial charge on any atom is -0.448 e. The van der Waals surface area contributed by atoms with Crippen molar-refractivity contribution in [3.8, 4) is 0 Å². The van der Waals surface area contributed by atoms with E-state index in [9.17, 15) is 24.5 Å². The van der Waals surface area contributed by atoms with Gasteiger partial charge in [-0.15, -0.1) is 11.3 Å². The molecule has 0 bridgehead atoms. The summed E-state index contributed by atoms with van der Waals surface area (Å²) in [5.41, 5.74) is -0.0251. The molecule has 2 aromatic rings. The molecule has 1 atom stereocenters. The first-order valence-corrected chi connectivity index (χ1v) is 8.13. The summed E-state index contributed by atoms with van der Waals surface area (Å²) in [6.45, 7) is 2.66. The molecular weight excluding hydrogens is 364 g/mol. The van der Waals surface area contributed by atoms with Crippen LogP contribution >= 0.6 is 11.3 Å². The van der Waals surface area contributed by atoms with E-state index in [0.717, 1.165) is 11.3 Å². The lowest BCUT2D eigenvalue weighted by Gasteiger charge is -2.12. The van der Waals surface area contributed by atoms with E-state index in [1.165, 1.54) is 43.5 Å². The van der Waals surface area contributed by atoms with Gasteiger partial charge in [0.1, 0.15) is 0 Å². The Bertz CT molecular complexity index is 865. The SMILES string of the molecule is CC(=O)Nc1nc(C(=O)OC(C)C(=O)Nc2cccc([N+](=O)[O-])c2)cs1. The van der Waals surface area contributed by atoms with Gasteiger partial charge in [-0.3, -0.25) is 19.7 Å². The van der Waals surface area contributed by atoms with Gasteiger partial charge in [0.15, 0.2) is 16.9 Å². The molecule has 2 N–H and O–H groups in total. The average Bonchev–Trinajstić information content (AvgIpc) is 3.02. The van der Waals surface area contributed by atoms with Gasteiger partial charge in [0, 0.05) is 30.1 Å². The Hall–Kier alpha value is -3.34. The zero-order chi connectivity index (χ0) is 19.3. The molecular formula is C15H14N4O6S. The summed E-state index contributed by atoms with van der Waals surface area (Å²) in [7, 11) is 0. The summed E-state index contributed by atoms with van der Waals surface area (Å²) < 4.78 is 5.01.